The van der Waals surface area contributed by atoms with Crippen molar-refractivity contribution < 1.29 is 0 Å². The van der Waals surface area contributed by atoms with Gasteiger partial charge in [0.15, 0.2) is 11.5 Å². The van der Waals surface area contributed by atoms with Gasteiger partial charge in [0, 0.05) is 6.07 Å². The summed E-state index contributed by atoms with van der Waals surface area (Å²) in [7, 11) is 0. The molecule has 4 aromatic rings. The summed E-state index contributed by atoms with van der Waals surface area (Å²) in [6.07, 6.45) is 0. The van der Waals surface area contributed by atoms with Crippen LogP contribution in [0.1, 0.15) is 5.69 Å². The molecular formula is C18H15N5. The standard InChI is InChI=1S/C18H15N5/c1-13-18(21-20-15-10-6-3-7-11-15)23-17(19-13)12-16(22-23)14-8-4-2-5-9-14/h2-12,22H,1H3. The Morgan fingerprint density at radius 1 is 0.913 bits per heavy atom. The number of aromatic nitrogens is 3. The highest BCUT2D eigenvalue weighted by Crippen LogP contribution is 2.26. The van der Waals surface area contributed by atoms with Gasteiger partial charge in [-0.05, 0) is 24.6 Å². The van der Waals surface area contributed by atoms with E-state index in [1.807, 2.05) is 66.0 Å². The minimum Gasteiger partial charge on any atom is -0.290 e. The third-order valence-corrected chi connectivity index (χ3v) is 3.65. The van der Waals surface area contributed by atoms with Gasteiger partial charge in [-0.1, -0.05) is 48.5 Å². The number of hydrogen-bond acceptors (Lipinski definition) is 3. The number of azo groups is 1. The van der Waals surface area contributed by atoms with Crippen molar-refractivity contribution in [2.45, 2.75) is 6.92 Å². The second-order valence-corrected chi connectivity index (χ2v) is 5.29. The zero-order valence-electron chi connectivity index (χ0n) is 12.6. The van der Waals surface area contributed by atoms with Crippen molar-refractivity contribution >= 4 is 17.2 Å². The molecule has 4 rings (SSSR count). The first-order valence-corrected chi connectivity index (χ1v) is 7.41. The lowest BCUT2D eigenvalue weighted by Crippen LogP contribution is -1.84. The number of nitrogens with zero attached hydrogens (tertiary/aromatic N) is 4. The van der Waals surface area contributed by atoms with Gasteiger partial charge in [-0.25, -0.2) is 9.50 Å². The molecule has 0 fully saturated rings. The first kappa shape index (κ1) is 13.5. The topological polar surface area (TPSA) is 57.8 Å². The van der Waals surface area contributed by atoms with Gasteiger partial charge in [-0.15, -0.1) is 10.2 Å². The zero-order valence-corrected chi connectivity index (χ0v) is 12.6. The van der Waals surface area contributed by atoms with Crippen LogP contribution >= 0.6 is 0 Å². The summed E-state index contributed by atoms with van der Waals surface area (Å²) in [6.45, 7) is 1.93. The Morgan fingerprint density at radius 2 is 1.61 bits per heavy atom. The van der Waals surface area contributed by atoms with Gasteiger partial charge < -0.3 is 0 Å². The SMILES string of the molecule is Cc1nc2cc(-c3ccccc3)[nH]n2c1N=Nc1ccccc1. The molecule has 2 aromatic carbocycles. The fourth-order valence-electron chi connectivity index (χ4n) is 2.51. The molecular weight excluding hydrogens is 286 g/mol. The smallest absolute Gasteiger partial charge is 0.197 e. The van der Waals surface area contributed by atoms with E-state index in [-0.39, 0.29) is 0 Å². The van der Waals surface area contributed by atoms with E-state index in [1.54, 1.807) is 0 Å². The minimum absolute atomic E-state index is 0.714. The third-order valence-electron chi connectivity index (χ3n) is 3.65. The monoisotopic (exact) mass is 301 g/mol. The summed E-state index contributed by atoms with van der Waals surface area (Å²) in [5, 5.41) is 12.0. The molecule has 23 heavy (non-hydrogen) atoms. The first-order valence-electron chi connectivity index (χ1n) is 7.41. The van der Waals surface area contributed by atoms with Crippen LogP contribution in [0.2, 0.25) is 0 Å². The Hall–Kier alpha value is -3.21. The third kappa shape index (κ3) is 2.53. The summed E-state index contributed by atoms with van der Waals surface area (Å²) in [5.74, 6) is 0.714. The summed E-state index contributed by atoms with van der Waals surface area (Å²) in [5.41, 5.74) is 4.61. The van der Waals surface area contributed by atoms with Gasteiger partial charge in [0.1, 0.15) is 0 Å². The molecule has 0 saturated heterocycles. The maximum Gasteiger partial charge on any atom is 0.197 e. The van der Waals surface area contributed by atoms with E-state index in [4.69, 9.17) is 0 Å². The Morgan fingerprint density at radius 3 is 2.35 bits per heavy atom. The molecule has 0 aliphatic carbocycles. The van der Waals surface area contributed by atoms with Gasteiger partial charge in [-0.2, -0.15) is 0 Å². The molecule has 0 bridgehead atoms. The Kier molecular flexibility index (Phi) is 3.24. The van der Waals surface area contributed by atoms with E-state index in [0.29, 0.717) is 5.82 Å². The summed E-state index contributed by atoms with van der Waals surface area (Å²) < 4.78 is 1.87. The molecule has 2 aromatic heterocycles. The molecule has 0 radical (unpaired) electrons. The molecule has 0 unspecified atom stereocenters. The number of benzene rings is 2. The maximum atomic E-state index is 4.55. The average molecular weight is 301 g/mol. The van der Waals surface area contributed by atoms with Gasteiger partial charge >= 0.3 is 0 Å². The van der Waals surface area contributed by atoms with Crippen molar-refractivity contribution in [3.8, 4) is 11.3 Å². The Bertz CT molecular complexity index is 965. The molecule has 112 valence electrons. The van der Waals surface area contributed by atoms with E-state index in [2.05, 4.69) is 32.4 Å². The number of H-pyrrole nitrogens is 1. The van der Waals surface area contributed by atoms with Crippen LogP contribution in [0, 0.1) is 6.92 Å². The van der Waals surface area contributed by atoms with E-state index < -0.39 is 0 Å². The number of nitrogens with one attached hydrogen (secondary N) is 1. The summed E-state index contributed by atoms with van der Waals surface area (Å²) >= 11 is 0. The summed E-state index contributed by atoms with van der Waals surface area (Å²) in [4.78, 5) is 4.55. The van der Waals surface area contributed by atoms with Crippen LogP contribution in [-0.2, 0) is 0 Å². The molecule has 2 heterocycles. The molecule has 0 spiro atoms. The van der Waals surface area contributed by atoms with Crippen molar-refractivity contribution in [1.82, 2.24) is 14.6 Å². The van der Waals surface area contributed by atoms with Crippen LogP contribution in [0.5, 0.6) is 0 Å². The lowest BCUT2D eigenvalue weighted by molar-refractivity contribution is 0.952. The van der Waals surface area contributed by atoms with Gasteiger partial charge in [0.05, 0.1) is 17.1 Å². The van der Waals surface area contributed by atoms with Crippen LogP contribution < -0.4 is 0 Å². The maximum absolute atomic E-state index is 4.55. The van der Waals surface area contributed by atoms with Crippen LogP contribution in [0.3, 0.4) is 0 Å². The second-order valence-electron chi connectivity index (χ2n) is 5.29. The van der Waals surface area contributed by atoms with Crippen molar-refractivity contribution in [3.05, 3.63) is 72.4 Å². The number of rotatable bonds is 3. The predicted octanol–water partition coefficient (Wildman–Crippen LogP) is 5.05. The van der Waals surface area contributed by atoms with Crippen molar-refractivity contribution in [1.29, 1.82) is 0 Å². The Labute approximate surface area is 133 Å². The molecule has 0 aliphatic heterocycles. The number of aromatic amines is 1. The number of hydrogen-bond donors (Lipinski definition) is 1. The molecule has 0 atom stereocenters. The minimum atomic E-state index is 0.714. The number of imidazole rings is 1. The predicted molar refractivity (Wildman–Crippen MR) is 90.3 cm³/mol. The molecule has 0 saturated carbocycles. The fraction of sp³-hybridized carbons (Fsp3) is 0.0556. The molecule has 1 N–H and O–H groups in total. The number of fused-ring (bicyclic) bond motifs is 1. The van der Waals surface area contributed by atoms with E-state index in [9.17, 15) is 0 Å². The van der Waals surface area contributed by atoms with Gasteiger partial charge in [0.2, 0.25) is 0 Å². The second kappa shape index (κ2) is 5.53. The van der Waals surface area contributed by atoms with Crippen LogP contribution in [-0.4, -0.2) is 14.6 Å². The molecule has 5 nitrogen and oxygen atoms in total. The van der Waals surface area contributed by atoms with Crippen molar-refractivity contribution in [3.63, 3.8) is 0 Å². The average Bonchev–Trinajstić information content (AvgIpc) is 3.12. The highest BCUT2D eigenvalue weighted by atomic mass is 15.3. The lowest BCUT2D eigenvalue weighted by atomic mass is 10.2. The first-order chi connectivity index (χ1) is 11.3. The van der Waals surface area contributed by atoms with Gasteiger partial charge in [0.25, 0.3) is 0 Å². The van der Waals surface area contributed by atoms with Gasteiger partial charge in [-0.3, -0.25) is 5.10 Å². The van der Waals surface area contributed by atoms with Crippen LogP contribution in [0.4, 0.5) is 11.5 Å². The van der Waals surface area contributed by atoms with E-state index in [1.165, 1.54) is 0 Å². The highest BCUT2D eigenvalue weighted by molar-refractivity contribution is 5.66. The van der Waals surface area contributed by atoms with E-state index >= 15 is 0 Å². The number of aryl methyl sites for hydroxylation is 1. The Balaban J connectivity index is 1.76. The largest absolute Gasteiger partial charge is 0.290 e. The lowest BCUT2D eigenvalue weighted by Gasteiger charge is -1.97. The molecule has 0 aliphatic rings. The summed E-state index contributed by atoms with van der Waals surface area (Å²) in [6, 6.07) is 21.8. The van der Waals surface area contributed by atoms with Crippen LogP contribution in [0.25, 0.3) is 16.9 Å². The molecule has 0 amide bonds. The molecule has 5 heteroatoms. The zero-order chi connectivity index (χ0) is 15.6. The quantitative estimate of drug-likeness (QED) is 0.529. The fourth-order valence-corrected chi connectivity index (χ4v) is 2.51. The highest BCUT2D eigenvalue weighted by Gasteiger charge is 2.12. The normalized spacial score (nSPS) is 11.5. The van der Waals surface area contributed by atoms with E-state index in [0.717, 1.165) is 28.3 Å². The van der Waals surface area contributed by atoms with Crippen LogP contribution in [0.15, 0.2) is 77.0 Å². The van der Waals surface area contributed by atoms with Crippen molar-refractivity contribution in [2.24, 2.45) is 10.2 Å². The van der Waals surface area contributed by atoms with Crippen molar-refractivity contribution in [2.75, 3.05) is 0 Å².